The van der Waals surface area contributed by atoms with E-state index in [0.717, 1.165) is 6.07 Å². The van der Waals surface area contributed by atoms with Gasteiger partial charge in [0.1, 0.15) is 0 Å². The third kappa shape index (κ3) is 2.64. The number of halogens is 4. The molecular weight excluding hydrogens is 263 g/mol. The van der Waals surface area contributed by atoms with E-state index in [9.17, 15) is 13.2 Å². The van der Waals surface area contributed by atoms with Crippen molar-refractivity contribution in [2.45, 2.75) is 12.1 Å². The zero-order valence-corrected chi connectivity index (χ0v) is 9.96. The largest absolute Gasteiger partial charge is 0.418 e. The molecule has 0 atom stereocenters. The van der Waals surface area contributed by atoms with Crippen LogP contribution in [0.5, 0.6) is 0 Å². The van der Waals surface area contributed by atoms with Crippen molar-refractivity contribution in [2.24, 2.45) is 0 Å². The molecule has 0 spiro atoms. The van der Waals surface area contributed by atoms with E-state index in [0.29, 0.717) is 11.1 Å². The van der Waals surface area contributed by atoms with E-state index in [2.05, 4.69) is 4.98 Å². The van der Waals surface area contributed by atoms with Gasteiger partial charge in [-0.1, -0.05) is 30.3 Å². The van der Waals surface area contributed by atoms with Crippen molar-refractivity contribution in [2.75, 3.05) is 0 Å². The van der Waals surface area contributed by atoms with Gasteiger partial charge in [0.25, 0.3) is 0 Å². The highest BCUT2D eigenvalue weighted by molar-refractivity contribution is 6.17. The Bertz CT molecular complexity index is 538. The van der Waals surface area contributed by atoms with E-state index in [1.54, 1.807) is 30.3 Å². The SMILES string of the molecule is FC(F)(F)c1cc(-c2ccccc2)cnc1CCl. The lowest BCUT2D eigenvalue weighted by atomic mass is 10.0. The van der Waals surface area contributed by atoms with Crippen molar-refractivity contribution in [1.82, 2.24) is 4.98 Å². The van der Waals surface area contributed by atoms with Crippen molar-refractivity contribution in [3.8, 4) is 11.1 Å². The summed E-state index contributed by atoms with van der Waals surface area (Å²) in [6, 6.07) is 9.87. The molecule has 5 heteroatoms. The molecule has 94 valence electrons. The maximum absolute atomic E-state index is 12.8. The number of hydrogen-bond donors (Lipinski definition) is 0. The standard InChI is InChI=1S/C13H9ClF3N/c14-7-12-11(13(15,16)17)6-10(8-18-12)9-4-2-1-3-5-9/h1-6,8H,7H2. The lowest BCUT2D eigenvalue weighted by Gasteiger charge is -2.12. The van der Waals surface area contributed by atoms with Crippen LogP contribution in [-0.2, 0) is 12.1 Å². The van der Waals surface area contributed by atoms with Crippen molar-refractivity contribution >= 4 is 11.6 Å². The Morgan fingerprint density at radius 1 is 1.06 bits per heavy atom. The normalized spacial score (nSPS) is 11.6. The maximum atomic E-state index is 12.8. The molecule has 0 bridgehead atoms. The number of hydrogen-bond acceptors (Lipinski definition) is 1. The summed E-state index contributed by atoms with van der Waals surface area (Å²) in [6.07, 6.45) is -3.04. The molecule has 0 aliphatic rings. The van der Waals surface area contributed by atoms with Gasteiger partial charge in [0.05, 0.1) is 17.1 Å². The summed E-state index contributed by atoms with van der Waals surface area (Å²) in [5, 5.41) is 0. The van der Waals surface area contributed by atoms with Gasteiger partial charge in [-0.25, -0.2) is 0 Å². The fraction of sp³-hybridized carbons (Fsp3) is 0.154. The van der Waals surface area contributed by atoms with Crippen molar-refractivity contribution < 1.29 is 13.2 Å². The fourth-order valence-electron chi connectivity index (χ4n) is 1.63. The molecule has 1 aromatic carbocycles. The predicted molar refractivity (Wildman–Crippen MR) is 64.2 cm³/mol. The van der Waals surface area contributed by atoms with Gasteiger partial charge >= 0.3 is 6.18 Å². The molecule has 0 amide bonds. The quantitative estimate of drug-likeness (QED) is 0.733. The third-order valence-corrected chi connectivity index (χ3v) is 2.76. The smallest absolute Gasteiger partial charge is 0.259 e. The molecule has 2 rings (SSSR count). The van der Waals surface area contributed by atoms with Crippen LogP contribution in [-0.4, -0.2) is 4.98 Å². The highest BCUT2D eigenvalue weighted by Gasteiger charge is 2.34. The number of alkyl halides is 4. The first-order valence-electron chi connectivity index (χ1n) is 5.20. The van der Waals surface area contributed by atoms with Crippen LogP contribution in [0.15, 0.2) is 42.6 Å². The second kappa shape index (κ2) is 4.98. The maximum Gasteiger partial charge on any atom is 0.418 e. The summed E-state index contributed by atoms with van der Waals surface area (Å²) in [4.78, 5) is 3.79. The van der Waals surface area contributed by atoms with Crippen LogP contribution in [0.3, 0.4) is 0 Å². The van der Waals surface area contributed by atoms with Gasteiger partial charge in [-0.05, 0) is 11.6 Å². The molecule has 1 heterocycles. The van der Waals surface area contributed by atoms with Gasteiger partial charge in [-0.15, -0.1) is 11.6 Å². The highest BCUT2D eigenvalue weighted by Crippen LogP contribution is 2.34. The van der Waals surface area contributed by atoms with Crippen LogP contribution in [0.1, 0.15) is 11.3 Å². The summed E-state index contributed by atoms with van der Waals surface area (Å²) < 4.78 is 38.5. The second-order valence-electron chi connectivity index (χ2n) is 3.72. The van der Waals surface area contributed by atoms with Gasteiger partial charge in [0.2, 0.25) is 0 Å². The molecule has 0 fully saturated rings. The Labute approximate surface area is 107 Å². The lowest BCUT2D eigenvalue weighted by molar-refractivity contribution is -0.138. The molecule has 1 aromatic heterocycles. The minimum Gasteiger partial charge on any atom is -0.259 e. The molecule has 0 aliphatic heterocycles. The Hall–Kier alpha value is -1.55. The third-order valence-electron chi connectivity index (χ3n) is 2.51. The van der Waals surface area contributed by atoms with E-state index in [1.807, 2.05) is 0 Å². The topological polar surface area (TPSA) is 12.9 Å². The highest BCUT2D eigenvalue weighted by atomic mass is 35.5. The Morgan fingerprint density at radius 2 is 1.72 bits per heavy atom. The Balaban J connectivity index is 2.53. The van der Waals surface area contributed by atoms with Gasteiger partial charge in [0.15, 0.2) is 0 Å². The molecule has 0 saturated carbocycles. The first-order chi connectivity index (χ1) is 8.52. The monoisotopic (exact) mass is 271 g/mol. The van der Waals surface area contributed by atoms with Crippen molar-refractivity contribution in [3.63, 3.8) is 0 Å². The zero-order chi connectivity index (χ0) is 13.2. The van der Waals surface area contributed by atoms with E-state index in [4.69, 9.17) is 11.6 Å². The molecular formula is C13H9ClF3N. The number of benzene rings is 1. The number of rotatable bonds is 2. The van der Waals surface area contributed by atoms with Gasteiger partial charge in [-0.2, -0.15) is 13.2 Å². The van der Waals surface area contributed by atoms with Gasteiger partial charge in [0, 0.05) is 11.8 Å². The summed E-state index contributed by atoms with van der Waals surface area (Å²) in [5.74, 6) is -0.260. The molecule has 18 heavy (non-hydrogen) atoms. The molecule has 0 aliphatic carbocycles. The summed E-state index contributed by atoms with van der Waals surface area (Å²) in [6.45, 7) is 0. The molecule has 0 N–H and O–H groups in total. The number of pyridine rings is 1. The van der Waals surface area contributed by atoms with Crippen molar-refractivity contribution in [1.29, 1.82) is 0 Å². The predicted octanol–water partition coefficient (Wildman–Crippen LogP) is 4.51. The summed E-state index contributed by atoms with van der Waals surface area (Å²) >= 11 is 5.47. The van der Waals surface area contributed by atoms with E-state index < -0.39 is 11.7 Å². The van der Waals surface area contributed by atoms with Crippen LogP contribution in [0, 0.1) is 0 Å². The average Bonchev–Trinajstić information content (AvgIpc) is 2.38. The zero-order valence-electron chi connectivity index (χ0n) is 9.21. The van der Waals surface area contributed by atoms with Gasteiger partial charge < -0.3 is 0 Å². The van der Waals surface area contributed by atoms with E-state index in [-0.39, 0.29) is 11.6 Å². The lowest BCUT2D eigenvalue weighted by Crippen LogP contribution is -2.10. The number of nitrogens with zero attached hydrogens (tertiary/aromatic N) is 1. The molecule has 1 nitrogen and oxygen atoms in total. The average molecular weight is 272 g/mol. The minimum atomic E-state index is -4.44. The Kier molecular flexibility index (Phi) is 3.57. The number of aromatic nitrogens is 1. The second-order valence-corrected chi connectivity index (χ2v) is 3.98. The summed E-state index contributed by atoms with van der Waals surface area (Å²) in [5.41, 5.74) is 0.191. The van der Waals surface area contributed by atoms with Crippen molar-refractivity contribution in [3.05, 3.63) is 53.9 Å². The van der Waals surface area contributed by atoms with Crippen LogP contribution in [0.2, 0.25) is 0 Å². The summed E-state index contributed by atoms with van der Waals surface area (Å²) in [7, 11) is 0. The van der Waals surface area contributed by atoms with Crippen LogP contribution in [0.25, 0.3) is 11.1 Å². The van der Waals surface area contributed by atoms with Gasteiger partial charge in [-0.3, -0.25) is 4.98 Å². The fourth-order valence-corrected chi connectivity index (χ4v) is 1.85. The van der Waals surface area contributed by atoms with E-state index >= 15 is 0 Å². The Morgan fingerprint density at radius 3 is 2.28 bits per heavy atom. The molecule has 0 saturated heterocycles. The van der Waals surface area contributed by atoms with Crippen LogP contribution < -0.4 is 0 Å². The first-order valence-corrected chi connectivity index (χ1v) is 5.73. The molecule has 2 aromatic rings. The molecule has 0 radical (unpaired) electrons. The van der Waals surface area contributed by atoms with Crippen LogP contribution in [0.4, 0.5) is 13.2 Å². The van der Waals surface area contributed by atoms with Crippen LogP contribution >= 0.6 is 11.6 Å². The van der Waals surface area contributed by atoms with E-state index in [1.165, 1.54) is 6.20 Å². The minimum absolute atomic E-state index is 0.149. The molecule has 0 unspecified atom stereocenters. The first kappa shape index (κ1) is 12.9.